The number of rotatable bonds is 2. The smallest absolute Gasteiger partial charge is 0.0629 e. The maximum atomic E-state index is 11.0. The SMILES string of the molecule is CCS(=O)(CC)=NN. The first kappa shape index (κ1) is 7.91. The Hall–Kier alpha value is -0.0900. The second kappa shape index (κ2) is 3.04. The molecule has 3 nitrogen and oxygen atoms in total. The van der Waals surface area contributed by atoms with Crippen LogP contribution >= 0.6 is 0 Å². The lowest BCUT2D eigenvalue weighted by Gasteiger charge is -1.97. The average Bonchev–Trinajstić information content (AvgIpc) is 1.87. The van der Waals surface area contributed by atoms with Crippen molar-refractivity contribution < 1.29 is 4.21 Å². The Morgan fingerprint density at radius 1 is 1.50 bits per heavy atom. The minimum atomic E-state index is -2.00. The van der Waals surface area contributed by atoms with Gasteiger partial charge >= 0.3 is 0 Å². The van der Waals surface area contributed by atoms with Gasteiger partial charge in [-0.3, -0.25) is 0 Å². The van der Waals surface area contributed by atoms with Gasteiger partial charge in [-0.05, 0) is 0 Å². The Bertz CT molecular complexity index is 147. The molecule has 0 fully saturated rings. The third-order valence-corrected chi connectivity index (χ3v) is 3.28. The molecule has 0 aromatic rings. The molecule has 0 aliphatic heterocycles. The summed E-state index contributed by atoms with van der Waals surface area (Å²) < 4.78 is 14.3. The molecule has 0 spiro atoms. The van der Waals surface area contributed by atoms with Crippen molar-refractivity contribution in [2.45, 2.75) is 13.8 Å². The fraction of sp³-hybridized carbons (Fsp3) is 1.00. The molecule has 0 saturated carbocycles. The molecule has 0 radical (unpaired) electrons. The molecule has 4 heteroatoms. The number of hydrogen-bond donors (Lipinski definition) is 1. The first-order valence-corrected chi connectivity index (χ1v) is 4.45. The van der Waals surface area contributed by atoms with E-state index in [1.165, 1.54) is 0 Å². The molecule has 0 amide bonds. The molecule has 50 valence electrons. The molecular formula is C4H12N2OS. The van der Waals surface area contributed by atoms with Crippen LogP contribution in [0.15, 0.2) is 4.47 Å². The van der Waals surface area contributed by atoms with Crippen LogP contribution in [0.3, 0.4) is 0 Å². The number of nitrogens with zero attached hydrogens (tertiary/aromatic N) is 1. The van der Waals surface area contributed by atoms with Crippen molar-refractivity contribution in [3.63, 3.8) is 0 Å². The molecule has 8 heavy (non-hydrogen) atoms. The van der Waals surface area contributed by atoms with Crippen molar-refractivity contribution in [2.75, 3.05) is 11.5 Å². The molecule has 2 N–H and O–H groups in total. The van der Waals surface area contributed by atoms with E-state index in [9.17, 15) is 4.21 Å². The molecule has 0 unspecified atom stereocenters. The fourth-order valence-electron chi connectivity index (χ4n) is 0.353. The average molecular weight is 136 g/mol. The lowest BCUT2D eigenvalue weighted by Crippen LogP contribution is -2.08. The van der Waals surface area contributed by atoms with Gasteiger partial charge in [-0.15, -0.1) is 0 Å². The summed E-state index contributed by atoms with van der Waals surface area (Å²) in [4.78, 5) is 0. The van der Waals surface area contributed by atoms with Crippen molar-refractivity contribution in [1.82, 2.24) is 0 Å². The van der Waals surface area contributed by atoms with Gasteiger partial charge in [-0.2, -0.15) is 4.47 Å². The van der Waals surface area contributed by atoms with Gasteiger partial charge in [0, 0.05) is 11.5 Å². The molecule has 0 heterocycles. The number of hydrogen-bond acceptors (Lipinski definition) is 2. The third-order valence-electron chi connectivity index (χ3n) is 1.09. The van der Waals surface area contributed by atoms with Gasteiger partial charge in [0.25, 0.3) is 0 Å². The zero-order valence-corrected chi connectivity index (χ0v) is 6.07. The van der Waals surface area contributed by atoms with Gasteiger partial charge in [0.1, 0.15) is 0 Å². The summed E-state index contributed by atoms with van der Waals surface area (Å²) in [6.45, 7) is 3.64. The first-order chi connectivity index (χ1) is 3.68. The van der Waals surface area contributed by atoms with E-state index in [4.69, 9.17) is 5.84 Å². The maximum Gasteiger partial charge on any atom is 0.0629 e. The largest absolute Gasteiger partial charge is 0.248 e. The molecular weight excluding hydrogens is 124 g/mol. The molecule has 0 aliphatic rings. The highest BCUT2D eigenvalue weighted by Gasteiger charge is 1.97. The summed E-state index contributed by atoms with van der Waals surface area (Å²) in [6, 6.07) is 0. The number of nitrogens with two attached hydrogens (primary N) is 1. The predicted molar refractivity (Wildman–Crippen MR) is 35.8 cm³/mol. The molecule has 0 aliphatic carbocycles. The van der Waals surface area contributed by atoms with Crippen LogP contribution in [0.25, 0.3) is 0 Å². The van der Waals surface area contributed by atoms with Crippen LogP contribution in [0.2, 0.25) is 0 Å². The highest BCUT2D eigenvalue weighted by molar-refractivity contribution is 7.93. The molecule has 0 rings (SSSR count). The second-order valence-electron chi connectivity index (χ2n) is 1.46. The van der Waals surface area contributed by atoms with Crippen LogP contribution in [0.1, 0.15) is 13.8 Å². The van der Waals surface area contributed by atoms with Crippen LogP contribution in [0.5, 0.6) is 0 Å². The minimum Gasteiger partial charge on any atom is -0.248 e. The van der Waals surface area contributed by atoms with Gasteiger partial charge < -0.3 is 0 Å². The Balaban J connectivity index is 4.26. The third kappa shape index (κ3) is 1.79. The summed E-state index contributed by atoms with van der Waals surface area (Å²) in [5.41, 5.74) is 0. The van der Waals surface area contributed by atoms with Gasteiger partial charge in [0.2, 0.25) is 0 Å². The van der Waals surface area contributed by atoms with Gasteiger partial charge in [-0.1, -0.05) is 13.8 Å². The maximum absolute atomic E-state index is 11.0. The van der Waals surface area contributed by atoms with Crippen molar-refractivity contribution in [2.24, 2.45) is 10.3 Å². The summed E-state index contributed by atoms with van der Waals surface area (Å²) in [5.74, 6) is 5.99. The van der Waals surface area contributed by atoms with Gasteiger partial charge in [-0.25, -0.2) is 10.1 Å². The second-order valence-corrected chi connectivity index (χ2v) is 4.37. The van der Waals surface area contributed by atoms with Crippen LogP contribution < -0.4 is 5.84 Å². The van der Waals surface area contributed by atoms with Crippen molar-refractivity contribution in [3.8, 4) is 0 Å². The topological polar surface area (TPSA) is 55.5 Å². The molecule has 0 saturated heterocycles. The summed E-state index contributed by atoms with van der Waals surface area (Å²) in [7, 11) is -2.00. The van der Waals surface area contributed by atoms with Crippen LogP contribution in [0, 0.1) is 0 Å². The Morgan fingerprint density at radius 2 is 1.88 bits per heavy atom. The lowest BCUT2D eigenvalue weighted by atomic mass is 11.0. The van der Waals surface area contributed by atoms with Crippen molar-refractivity contribution in [3.05, 3.63) is 0 Å². The van der Waals surface area contributed by atoms with Crippen molar-refractivity contribution >= 4 is 9.73 Å². The predicted octanol–water partition coefficient (Wildman–Crippen LogP) is 0.368. The van der Waals surface area contributed by atoms with Crippen LogP contribution in [-0.2, 0) is 9.73 Å². The first-order valence-electron chi connectivity index (χ1n) is 2.60. The van der Waals surface area contributed by atoms with E-state index in [1.807, 2.05) is 13.8 Å². The fourth-order valence-corrected chi connectivity index (χ4v) is 1.06. The quantitative estimate of drug-likeness (QED) is 0.440. The summed E-state index contributed by atoms with van der Waals surface area (Å²) in [6.07, 6.45) is 0. The summed E-state index contributed by atoms with van der Waals surface area (Å²) >= 11 is 0. The molecule has 0 bridgehead atoms. The zero-order valence-electron chi connectivity index (χ0n) is 5.26. The standard InChI is InChI=1S/C4H12N2OS/c1-3-8(7,4-2)6-5/h3-5H2,1-2H3. The van der Waals surface area contributed by atoms with E-state index in [-0.39, 0.29) is 0 Å². The molecule has 0 atom stereocenters. The van der Waals surface area contributed by atoms with Gasteiger partial charge in [0.15, 0.2) is 0 Å². The molecule has 0 aromatic heterocycles. The van der Waals surface area contributed by atoms with Crippen LogP contribution in [0.4, 0.5) is 0 Å². The lowest BCUT2D eigenvalue weighted by molar-refractivity contribution is 0.676. The van der Waals surface area contributed by atoms with Crippen molar-refractivity contribution in [1.29, 1.82) is 0 Å². The monoisotopic (exact) mass is 136 g/mol. The Labute approximate surface area is 50.4 Å². The van der Waals surface area contributed by atoms with E-state index in [1.54, 1.807) is 0 Å². The minimum absolute atomic E-state index is 0.556. The van der Waals surface area contributed by atoms with E-state index in [0.29, 0.717) is 11.5 Å². The highest BCUT2D eigenvalue weighted by Crippen LogP contribution is 1.90. The normalized spacial score (nSPS) is 11.4. The Kier molecular flexibility index (Phi) is 3.01. The molecule has 0 aromatic carbocycles. The van der Waals surface area contributed by atoms with Gasteiger partial charge in [0.05, 0.1) is 9.73 Å². The van der Waals surface area contributed by atoms with Crippen LogP contribution in [-0.4, -0.2) is 15.7 Å². The zero-order chi connectivity index (χ0) is 6.62. The highest BCUT2D eigenvalue weighted by atomic mass is 32.2. The van der Waals surface area contributed by atoms with E-state index in [2.05, 4.69) is 4.47 Å². The van der Waals surface area contributed by atoms with E-state index in [0.717, 1.165) is 0 Å². The summed E-state index contributed by atoms with van der Waals surface area (Å²) in [5, 5.41) is 0. The van der Waals surface area contributed by atoms with E-state index >= 15 is 0 Å². The van der Waals surface area contributed by atoms with E-state index < -0.39 is 9.73 Å². The Morgan fingerprint density at radius 3 is 1.88 bits per heavy atom.